The SMILES string of the molecule is COc1ccc(NC(=O)CSC2=NC3N=NC=C3C(=O)N2)c(OC)c1. The van der Waals surface area contributed by atoms with Crippen molar-refractivity contribution < 1.29 is 19.1 Å². The number of nitrogens with one attached hydrogen (secondary N) is 2. The Bertz CT molecular complexity index is 805. The molecule has 2 aliphatic rings. The normalized spacial score (nSPS) is 18.0. The van der Waals surface area contributed by atoms with Gasteiger partial charge in [0.15, 0.2) is 11.3 Å². The fourth-order valence-electron chi connectivity index (χ4n) is 2.17. The molecule has 0 bridgehead atoms. The molecule has 0 spiro atoms. The van der Waals surface area contributed by atoms with Gasteiger partial charge in [0.25, 0.3) is 5.91 Å². The van der Waals surface area contributed by atoms with Gasteiger partial charge in [-0.2, -0.15) is 10.2 Å². The van der Waals surface area contributed by atoms with Crippen LogP contribution in [0, 0.1) is 0 Å². The molecule has 25 heavy (non-hydrogen) atoms. The maximum Gasteiger partial charge on any atom is 0.258 e. The van der Waals surface area contributed by atoms with Gasteiger partial charge in [-0.1, -0.05) is 11.8 Å². The number of methoxy groups -OCH3 is 2. The maximum atomic E-state index is 12.1. The molecular weight excluding hydrogens is 346 g/mol. The molecule has 0 aromatic heterocycles. The second-order valence-electron chi connectivity index (χ2n) is 4.98. The number of carbonyl (C=O) groups is 2. The van der Waals surface area contributed by atoms with E-state index >= 15 is 0 Å². The van der Waals surface area contributed by atoms with Crippen LogP contribution in [-0.4, -0.2) is 43.1 Å². The van der Waals surface area contributed by atoms with Crippen LogP contribution in [0.25, 0.3) is 0 Å². The Kier molecular flexibility index (Phi) is 4.98. The van der Waals surface area contributed by atoms with E-state index in [9.17, 15) is 9.59 Å². The molecule has 0 saturated carbocycles. The highest BCUT2D eigenvalue weighted by Gasteiger charge is 2.30. The molecule has 1 aromatic rings. The number of fused-ring (bicyclic) bond motifs is 1. The third kappa shape index (κ3) is 3.79. The molecule has 1 unspecified atom stereocenters. The van der Waals surface area contributed by atoms with Gasteiger partial charge >= 0.3 is 0 Å². The van der Waals surface area contributed by atoms with Crippen molar-refractivity contribution in [1.82, 2.24) is 5.32 Å². The number of hydrogen-bond acceptors (Lipinski definition) is 8. The summed E-state index contributed by atoms with van der Waals surface area (Å²) in [6.45, 7) is 0. The molecule has 0 saturated heterocycles. The van der Waals surface area contributed by atoms with Crippen molar-refractivity contribution in [2.24, 2.45) is 15.2 Å². The highest BCUT2D eigenvalue weighted by molar-refractivity contribution is 8.14. The molecule has 2 aliphatic heterocycles. The molecule has 2 heterocycles. The van der Waals surface area contributed by atoms with E-state index in [-0.39, 0.29) is 17.6 Å². The van der Waals surface area contributed by atoms with Gasteiger partial charge < -0.3 is 20.1 Å². The van der Waals surface area contributed by atoms with Crippen LogP contribution in [0.4, 0.5) is 5.69 Å². The lowest BCUT2D eigenvalue weighted by Gasteiger charge is -2.17. The van der Waals surface area contributed by atoms with Crippen molar-refractivity contribution in [3.63, 3.8) is 0 Å². The highest BCUT2D eigenvalue weighted by atomic mass is 32.2. The summed E-state index contributed by atoms with van der Waals surface area (Å²) in [7, 11) is 3.06. The number of ether oxygens (including phenoxy) is 2. The minimum atomic E-state index is -0.610. The Labute approximate surface area is 147 Å². The zero-order valence-electron chi connectivity index (χ0n) is 13.5. The number of azo groups is 1. The lowest BCUT2D eigenvalue weighted by Crippen LogP contribution is -2.38. The van der Waals surface area contributed by atoms with Crippen LogP contribution in [0.5, 0.6) is 11.5 Å². The number of amides is 2. The summed E-state index contributed by atoms with van der Waals surface area (Å²) in [5.41, 5.74) is 0.926. The van der Waals surface area contributed by atoms with Gasteiger partial charge in [-0.3, -0.25) is 9.59 Å². The molecule has 0 fully saturated rings. The lowest BCUT2D eigenvalue weighted by atomic mass is 10.2. The zero-order chi connectivity index (χ0) is 17.8. The topological polar surface area (TPSA) is 114 Å². The molecule has 0 aliphatic carbocycles. The van der Waals surface area contributed by atoms with Crippen LogP contribution >= 0.6 is 11.8 Å². The van der Waals surface area contributed by atoms with E-state index in [0.29, 0.717) is 27.9 Å². The van der Waals surface area contributed by atoms with Gasteiger partial charge in [-0.25, -0.2) is 4.99 Å². The van der Waals surface area contributed by atoms with E-state index in [1.807, 2.05) is 0 Å². The van der Waals surface area contributed by atoms with E-state index in [0.717, 1.165) is 11.8 Å². The molecule has 1 aromatic carbocycles. The molecule has 130 valence electrons. The highest BCUT2D eigenvalue weighted by Crippen LogP contribution is 2.29. The van der Waals surface area contributed by atoms with Crippen LogP contribution in [0.2, 0.25) is 0 Å². The van der Waals surface area contributed by atoms with E-state index in [2.05, 4.69) is 25.9 Å². The van der Waals surface area contributed by atoms with Crippen LogP contribution in [0.1, 0.15) is 0 Å². The first-order valence-corrected chi connectivity index (χ1v) is 8.23. The largest absolute Gasteiger partial charge is 0.497 e. The fraction of sp³-hybridized carbons (Fsp3) is 0.267. The fourth-order valence-corrected chi connectivity index (χ4v) is 2.85. The second kappa shape index (κ2) is 7.34. The first kappa shape index (κ1) is 17.0. The molecular formula is C15H15N5O4S. The van der Waals surface area contributed by atoms with E-state index in [1.54, 1.807) is 25.3 Å². The summed E-state index contributed by atoms with van der Waals surface area (Å²) in [5, 5.41) is 13.2. The van der Waals surface area contributed by atoms with Crippen molar-refractivity contribution >= 4 is 34.4 Å². The predicted molar refractivity (Wildman–Crippen MR) is 92.9 cm³/mol. The van der Waals surface area contributed by atoms with Gasteiger partial charge in [-0.05, 0) is 12.1 Å². The average molecular weight is 361 g/mol. The van der Waals surface area contributed by atoms with Crippen LogP contribution in [0.15, 0.2) is 45.2 Å². The van der Waals surface area contributed by atoms with Gasteiger partial charge in [0, 0.05) is 6.07 Å². The van der Waals surface area contributed by atoms with Crippen molar-refractivity contribution in [2.75, 3.05) is 25.3 Å². The second-order valence-corrected chi connectivity index (χ2v) is 5.94. The predicted octanol–water partition coefficient (Wildman–Crippen LogP) is 1.54. The van der Waals surface area contributed by atoms with Crippen molar-refractivity contribution in [3.8, 4) is 11.5 Å². The number of anilines is 1. The number of aliphatic imine (C=N–C) groups is 1. The lowest BCUT2D eigenvalue weighted by molar-refractivity contribution is -0.116. The van der Waals surface area contributed by atoms with Gasteiger partial charge in [0.05, 0.1) is 37.4 Å². The Morgan fingerprint density at radius 3 is 2.96 bits per heavy atom. The van der Waals surface area contributed by atoms with E-state index in [4.69, 9.17) is 9.47 Å². The van der Waals surface area contributed by atoms with E-state index in [1.165, 1.54) is 13.3 Å². The first-order valence-electron chi connectivity index (χ1n) is 7.24. The Hall–Kier alpha value is -2.88. The molecule has 9 nitrogen and oxygen atoms in total. The summed E-state index contributed by atoms with van der Waals surface area (Å²) in [5.74, 6) is 0.613. The molecule has 3 rings (SSSR count). The minimum Gasteiger partial charge on any atom is -0.497 e. The van der Waals surface area contributed by atoms with E-state index < -0.39 is 6.17 Å². The summed E-state index contributed by atoms with van der Waals surface area (Å²) >= 11 is 1.11. The minimum absolute atomic E-state index is 0.0667. The third-order valence-electron chi connectivity index (χ3n) is 3.40. The Balaban J connectivity index is 1.59. The number of benzene rings is 1. The van der Waals surface area contributed by atoms with Crippen LogP contribution in [-0.2, 0) is 9.59 Å². The number of nitrogens with zero attached hydrogens (tertiary/aromatic N) is 3. The summed E-state index contributed by atoms with van der Waals surface area (Å²) in [6.07, 6.45) is 0.772. The third-order valence-corrected chi connectivity index (χ3v) is 4.28. The number of carbonyl (C=O) groups excluding carboxylic acids is 2. The number of hydrogen-bond donors (Lipinski definition) is 2. The molecule has 2 amide bonds. The van der Waals surface area contributed by atoms with Crippen LogP contribution in [0.3, 0.4) is 0 Å². The number of rotatable bonds is 5. The summed E-state index contributed by atoms with van der Waals surface area (Å²) in [4.78, 5) is 28.2. The zero-order valence-corrected chi connectivity index (χ0v) is 14.3. The summed E-state index contributed by atoms with van der Waals surface area (Å²) in [6, 6.07) is 5.08. The first-order chi connectivity index (χ1) is 12.1. The Morgan fingerprint density at radius 2 is 2.20 bits per heavy atom. The quantitative estimate of drug-likeness (QED) is 0.826. The maximum absolute atomic E-state index is 12.1. The number of amidine groups is 1. The van der Waals surface area contributed by atoms with Crippen LogP contribution < -0.4 is 20.1 Å². The summed E-state index contributed by atoms with van der Waals surface area (Å²) < 4.78 is 10.3. The monoisotopic (exact) mass is 361 g/mol. The number of thioether (sulfide) groups is 1. The van der Waals surface area contributed by atoms with Gasteiger partial charge in [0.2, 0.25) is 5.91 Å². The molecule has 1 atom stereocenters. The molecule has 2 N–H and O–H groups in total. The Morgan fingerprint density at radius 1 is 1.36 bits per heavy atom. The molecule has 0 radical (unpaired) electrons. The molecule has 10 heteroatoms. The standard InChI is InChI=1S/C15H15N5O4S/c1-23-8-3-4-10(11(5-8)24-2)17-12(21)7-25-15-18-13-9(6-16-20-13)14(22)19-15/h3-6,13H,7H2,1-2H3,(H,17,21)(H,18,19,22). The van der Waals surface area contributed by atoms with Crippen molar-refractivity contribution in [2.45, 2.75) is 6.17 Å². The van der Waals surface area contributed by atoms with Gasteiger partial charge in [0.1, 0.15) is 11.5 Å². The van der Waals surface area contributed by atoms with Gasteiger partial charge in [-0.15, -0.1) is 0 Å². The van der Waals surface area contributed by atoms with Crippen molar-refractivity contribution in [1.29, 1.82) is 0 Å². The smallest absolute Gasteiger partial charge is 0.258 e. The van der Waals surface area contributed by atoms with Crippen molar-refractivity contribution in [3.05, 3.63) is 30.0 Å². The average Bonchev–Trinajstić information content (AvgIpc) is 3.09.